The van der Waals surface area contributed by atoms with Crippen molar-refractivity contribution < 1.29 is 14.0 Å². The van der Waals surface area contributed by atoms with Crippen LogP contribution in [0.2, 0.25) is 0 Å². The molecule has 23 heavy (non-hydrogen) atoms. The Morgan fingerprint density at radius 3 is 2.48 bits per heavy atom. The highest BCUT2D eigenvalue weighted by Crippen LogP contribution is 2.07. The number of rotatable bonds is 9. The van der Waals surface area contributed by atoms with E-state index in [1.165, 1.54) is 21.3 Å². The maximum Gasteiger partial charge on any atom is 0.242 e. The molecule has 5 nitrogen and oxygen atoms in total. The van der Waals surface area contributed by atoms with Crippen molar-refractivity contribution in [2.45, 2.75) is 26.3 Å². The predicted molar refractivity (Wildman–Crippen MR) is 99.5 cm³/mol. The highest BCUT2D eigenvalue weighted by atomic mass is 127. The van der Waals surface area contributed by atoms with Gasteiger partial charge in [-0.2, -0.15) is 0 Å². The van der Waals surface area contributed by atoms with Crippen LogP contribution in [0.3, 0.4) is 0 Å². The van der Waals surface area contributed by atoms with Crippen molar-refractivity contribution in [1.82, 2.24) is 15.4 Å². The van der Waals surface area contributed by atoms with E-state index in [9.17, 15) is 14.0 Å². The molecule has 0 aromatic heterocycles. The zero-order valence-corrected chi connectivity index (χ0v) is 16.0. The van der Waals surface area contributed by atoms with Gasteiger partial charge in [-0.05, 0) is 32.7 Å². The molecule has 0 aliphatic carbocycles. The Morgan fingerprint density at radius 2 is 1.91 bits per heavy atom. The molecule has 0 aliphatic rings. The van der Waals surface area contributed by atoms with Crippen molar-refractivity contribution in [3.05, 3.63) is 35.6 Å². The number of amides is 2. The maximum absolute atomic E-state index is 13.0. The number of carbonyl (C=O) groups excluding carboxylic acids is 2. The fourth-order valence-corrected chi connectivity index (χ4v) is 2.48. The predicted octanol–water partition coefficient (Wildman–Crippen LogP) is 2.21. The summed E-state index contributed by atoms with van der Waals surface area (Å²) in [6, 6.07) is 5.22. The lowest BCUT2D eigenvalue weighted by Gasteiger charge is -2.19. The molecule has 0 saturated carbocycles. The lowest BCUT2D eigenvalue weighted by molar-refractivity contribution is -0.128. The van der Waals surface area contributed by atoms with Crippen LogP contribution < -0.4 is 15.4 Å². The van der Waals surface area contributed by atoms with E-state index < -0.39 is 6.04 Å². The van der Waals surface area contributed by atoms with Crippen LogP contribution in [0.4, 0.5) is 4.39 Å². The molecule has 3 N–H and O–H groups in total. The summed E-state index contributed by atoms with van der Waals surface area (Å²) in [4.78, 5) is 24.2. The number of carbonyl (C=O) groups is 2. The van der Waals surface area contributed by atoms with Gasteiger partial charge in [-0.1, -0.05) is 26.0 Å². The van der Waals surface area contributed by atoms with Gasteiger partial charge in [-0.15, -0.1) is 0 Å². The number of nitrogens with one attached hydrogen (secondary N) is 3. The van der Waals surface area contributed by atoms with E-state index in [-0.39, 0.29) is 24.2 Å². The maximum atomic E-state index is 13.0. The zero-order valence-electron chi connectivity index (χ0n) is 13.1. The van der Waals surface area contributed by atoms with Crippen LogP contribution in [0.25, 0.3) is 0 Å². The quantitative estimate of drug-likeness (QED) is 0.396. The monoisotopic (exact) mass is 453 g/mol. The van der Waals surface area contributed by atoms with Gasteiger partial charge < -0.3 is 10.6 Å². The third-order valence-corrected chi connectivity index (χ3v) is 4.16. The second-order valence-corrected chi connectivity index (χ2v) is 7.25. The van der Waals surface area contributed by atoms with Gasteiger partial charge in [0.05, 0.1) is 6.54 Å². The first-order chi connectivity index (χ1) is 10.9. The number of benzene rings is 1. The lowest BCUT2D eigenvalue weighted by atomic mass is 10.0. The summed E-state index contributed by atoms with van der Waals surface area (Å²) in [5.74, 6) is -0.514. The van der Waals surface area contributed by atoms with Crippen LogP contribution in [0.15, 0.2) is 24.3 Å². The SMILES string of the molecule is CC(C)CNC(=O)C(Cc1ccc(F)cc1)NC(=O)CNSI. The van der Waals surface area contributed by atoms with Crippen molar-refractivity contribution in [3.63, 3.8) is 0 Å². The second kappa shape index (κ2) is 10.8. The molecule has 1 aromatic carbocycles. The normalized spacial score (nSPS) is 12.0. The zero-order chi connectivity index (χ0) is 17.2. The van der Waals surface area contributed by atoms with Crippen molar-refractivity contribution in [3.8, 4) is 0 Å². The van der Waals surface area contributed by atoms with Crippen molar-refractivity contribution in [2.75, 3.05) is 13.1 Å². The van der Waals surface area contributed by atoms with E-state index >= 15 is 0 Å². The van der Waals surface area contributed by atoms with Crippen molar-refractivity contribution >= 4 is 42.1 Å². The van der Waals surface area contributed by atoms with Gasteiger partial charge in [0.15, 0.2) is 0 Å². The van der Waals surface area contributed by atoms with Gasteiger partial charge in [0.2, 0.25) is 11.8 Å². The third kappa shape index (κ3) is 8.52. The Kier molecular flexibility index (Phi) is 9.49. The van der Waals surface area contributed by atoms with Gasteiger partial charge in [0, 0.05) is 34.2 Å². The molecule has 8 heteroatoms. The molecule has 1 aromatic rings. The summed E-state index contributed by atoms with van der Waals surface area (Å²) >= 11 is 2.02. The van der Waals surface area contributed by atoms with E-state index in [0.717, 1.165) is 5.56 Å². The van der Waals surface area contributed by atoms with Gasteiger partial charge >= 0.3 is 0 Å². The fraction of sp³-hybridized carbons (Fsp3) is 0.467. The van der Waals surface area contributed by atoms with E-state index in [0.29, 0.717) is 18.9 Å². The number of halogens is 2. The molecular formula is C15H21FIN3O2S. The molecular weight excluding hydrogens is 432 g/mol. The molecule has 1 rings (SSSR count). The summed E-state index contributed by atoms with van der Waals surface area (Å²) < 4.78 is 15.8. The first kappa shape index (κ1) is 20.2. The summed E-state index contributed by atoms with van der Waals surface area (Å²) in [5.41, 5.74) is 0.785. The Morgan fingerprint density at radius 1 is 1.26 bits per heavy atom. The van der Waals surface area contributed by atoms with E-state index in [2.05, 4.69) is 15.4 Å². The molecule has 0 spiro atoms. The molecule has 0 heterocycles. The van der Waals surface area contributed by atoms with E-state index in [4.69, 9.17) is 0 Å². The molecule has 0 aliphatic heterocycles. The molecule has 128 valence electrons. The fourth-order valence-electron chi connectivity index (χ4n) is 1.83. The van der Waals surface area contributed by atoms with Crippen molar-refractivity contribution in [2.24, 2.45) is 5.92 Å². The minimum absolute atomic E-state index is 0.116. The van der Waals surface area contributed by atoms with Crippen LogP contribution in [0.5, 0.6) is 0 Å². The third-order valence-electron chi connectivity index (χ3n) is 2.98. The van der Waals surface area contributed by atoms with Gasteiger partial charge in [0.25, 0.3) is 0 Å². The highest BCUT2D eigenvalue weighted by molar-refractivity contribution is 14.2. The van der Waals surface area contributed by atoms with Crippen LogP contribution >= 0.6 is 30.3 Å². The lowest BCUT2D eigenvalue weighted by Crippen LogP contribution is -2.50. The van der Waals surface area contributed by atoms with Crippen LogP contribution in [-0.4, -0.2) is 30.9 Å². The first-order valence-electron chi connectivity index (χ1n) is 7.24. The summed E-state index contributed by atoms with van der Waals surface area (Å²) in [7, 11) is 1.30. The van der Waals surface area contributed by atoms with E-state index in [1.807, 2.05) is 35.1 Å². The van der Waals surface area contributed by atoms with Gasteiger partial charge in [-0.25, -0.2) is 9.11 Å². The van der Waals surface area contributed by atoms with Crippen LogP contribution in [0, 0.1) is 11.7 Å². The number of hydrogen-bond donors (Lipinski definition) is 3. The Balaban J connectivity index is 2.72. The molecule has 1 atom stereocenters. The van der Waals surface area contributed by atoms with Gasteiger partial charge in [-0.3, -0.25) is 9.59 Å². The molecule has 0 fully saturated rings. The molecule has 0 saturated heterocycles. The second-order valence-electron chi connectivity index (χ2n) is 5.49. The largest absolute Gasteiger partial charge is 0.354 e. The van der Waals surface area contributed by atoms with Crippen molar-refractivity contribution in [1.29, 1.82) is 0 Å². The average molecular weight is 453 g/mol. The first-order valence-corrected chi connectivity index (χ1v) is 10.6. The molecule has 0 radical (unpaired) electrons. The average Bonchev–Trinajstić information content (AvgIpc) is 2.52. The summed E-state index contributed by atoms with van der Waals surface area (Å²) in [6.45, 7) is 4.65. The standard InChI is InChI=1S/C15H21FIN3O2S/c1-10(2)8-18-15(22)13(20-14(21)9-19-23-17)7-11-3-5-12(16)6-4-11/h3-6,10,13,19H,7-9H2,1-2H3,(H,18,22)(H,20,21). The van der Waals surface area contributed by atoms with Gasteiger partial charge in [0.1, 0.15) is 11.9 Å². The minimum Gasteiger partial charge on any atom is -0.354 e. The molecule has 0 bridgehead atoms. The summed E-state index contributed by atoms with van der Waals surface area (Å²) in [6.07, 6.45) is 0.313. The summed E-state index contributed by atoms with van der Waals surface area (Å²) in [5, 5.41) is 5.53. The molecule has 1 unspecified atom stereocenters. The highest BCUT2D eigenvalue weighted by Gasteiger charge is 2.21. The van der Waals surface area contributed by atoms with Crippen LogP contribution in [0.1, 0.15) is 19.4 Å². The smallest absolute Gasteiger partial charge is 0.242 e. The number of hydrogen-bond acceptors (Lipinski definition) is 4. The topological polar surface area (TPSA) is 70.2 Å². The Hall–Kier alpha value is -0.870. The Bertz CT molecular complexity index is 514. The minimum atomic E-state index is -0.687. The Labute approximate surface area is 152 Å². The van der Waals surface area contributed by atoms with Crippen LogP contribution in [-0.2, 0) is 16.0 Å². The molecule has 2 amide bonds. The van der Waals surface area contributed by atoms with E-state index in [1.54, 1.807) is 12.1 Å².